The van der Waals surface area contributed by atoms with Gasteiger partial charge in [-0.05, 0) is 45.7 Å². The van der Waals surface area contributed by atoms with Crippen molar-refractivity contribution in [1.29, 1.82) is 0 Å². The lowest BCUT2D eigenvalue weighted by atomic mass is 10.2. The first-order valence-corrected chi connectivity index (χ1v) is 6.23. The van der Waals surface area contributed by atoms with E-state index in [9.17, 15) is 0 Å². The summed E-state index contributed by atoms with van der Waals surface area (Å²) in [5.74, 6) is 1.48. The molecule has 0 saturated heterocycles. The third kappa shape index (κ3) is 3.72. The van der Waals surface area contributed by atoms with Crippen molar-refractivity contribution in [3.05, 3.63) is 10.6 Å². The third-order valence-corrected chi connectivity index (χ3v) is 2.85. The van der Waals surface area contributed by atoms with E-state index in [-0.39, 0.29) is 0 Å². The fourth-order valence-corrected chi connectivity index (χ4v) is 1.92. The van der Waals surface area contributed by atoms with Gasteiger partial charge in [-0.1, -0.05) is 13.8 Å². The molecule has 0 aliphatic rings. The van der Waals surface area contributed by atoms with Gasteiger partial charge in [-0.25, -0.2) is 0 Å². The molecule has 0 spiro atoms. The van der Waals surface area contributed by atoms with E-state index in [0.717, 1.165) is 30.1 Å². The molecule has 0 bridgehead atoms. The van der Waals surface area contributed by atoms with Gasteiger partial charge in [-0.3, -0.25) is 5.10 Å². The zero-order valence-electron chi connectivity index (χ0n) is 10.7. The Morgan fingerprint density at radius 1 is 1.38 bits per heavy atom. The van der Waals surface area contributed by atoms with Crippen molar-refractivity contribution in [3.8, 4) is 0 Å². The minimum Gasteiger partial charge on any atom is -0.309 e. The van der Waals surface area contributed by atoms with Crippen LogP contribution < -0.4 is 0 Å². The maximum absolute atomic E-state index is 5.23. The molecule has 4 nitrogen and oxygen atoms in total. The highest BCUT2D eigenvalue weighted by atomic mass is 32.1. The fraction of sp³-hybridized carbons (Fsp3) is 0.818. The summed E-state index contributed by atoms with van der Waals surface area (Å²) >= 11 is 5.23. The van der Waals surface area contributed by atoms with E-state index in [1.807, 2.05) is 0 Å². The van der Waals surface area contributed by atoms with Gasteiger partial charge >= 0.3 is 0 Å². The maximum Gasteiger partial charge on any atom is 0.195 e. The van der Waals surface area contributed by atoms with Crippen LogP contribution in [0.5, 0.6) is 0 Å². The van der Waals surface area contributed by atoms with Crippen molar-refractivity contribution in [2.75, 3.05) is 20.6 Å². The van der Waals surface area contributed by atoms with Crippen LogP contribution in [0.1, 0.15) is 38.4 Å². The van der Waals surface area contributed by atoms with Crippen molar-refractivity contribution >= 4 is 12.2 Å². The van der Waals surface area contributed by atoms with Crippen molar-refractivity contribution in [3.63, 3.8) is 0 Å². The average molecular weight is 242 g/mol. The van der Waals surface area contributed by atoms with Crippen LogP contribution in [0.3, 0.4) is 0 Å². The molecule has 0 radical (unpaired) electrons. The first-order chi connectivity index (χ1) is 7.52. The molecule has 0 atom stereocenters. The predicted octanol–water partition coefficient (Wildman–Crippen LogP) is 2.41. The van der Waals surface area contributed by atoms with Gasteiger partial charge in [0.25, 0.3) is 0 Å². The van der Waals surface area contributed by atoms with Gasteiger partial charge in [0, 0.05) is 12.5 Å². The highest BCUT2D eigenvalue weighted by Gasteiger charge is 2.09. The van der Waals surface area contributed by atoms with Gasteiger partial charge in [-0.15, -0.1) is 0 Å². The molecule has 0 aliphatic heterocycles. The van der Waals surface area contributed by atoms with E-state index in [2.05, 4.69) is 47.6 Å². The van der Waals surface area contributed by atoms with E-state index in [1.54, 1.807) is 0 Å². The van der Waals surface area contributed by atoms with E-state index in [1.165, 1.54) is 6.42 Å². The van der Waals surface area contributed by atoms with Crippen molar-refractivity contribution < 1.29 is 0 Å². The molecule has 5 heteroatoms. The number of H-pyrrole nitrogens is 1. The first kappa shape index (κ1) is 13.4. The molecule has 92 valence electrons. The predicted molar refractivity (Wildman–Crippen MR) is 69.3 cm³/mol. The van der Waals surface area contributed by atoms with Gasteiger partial charge in [0.1, 0.15) is 5.82 Å². The molecule has 0 amide bonds. The Hall–Kier alpha value is -0.680. The van der Waals surface area contributed by atoms with Crippen LogP contribution in [0.15, 0.2) is 0 Å². The molecule has 0 aliphatic carbocycles. The molecule has 0 fully saturated rings. The van der Waals surface area contributed by atoms with Crippen LogP contribution in [0.2, 0.25) is 0 Å². The lowest BCUT2D eigenvalue weighted by Gasteiger charge is -2.11. The number of hydrogen-bond acceptors (Lipinski definition) is 3. The number of nitrogens with one attached hydrogen (secondary N) is 1. The van der Waals surface area contributed by atoms with Crippen LogP contribution in [0.25, 0.3) is 0 Å². The van der Waals surface area contributed by atoms with Gasteiger partial charge in [0.2, 0.25) is 0 Å². The van der Waals surface area contributed by atoms with Crippen molar-refractivity contribution in [1.82, 2.24) is 19.7 Å². The third-order valence-electron chi connectivity index (χ3n) is 2.54. The molecule has 1 N–H and O–H groups in total. The Bertz CT molecular complexity index is 364. The number of aromatic nitrogens is 3. The van der Waals surface area contributed by atoms with E-state index in [0.29, 0.717) is 5.92 Å². The average Bonchev–Trinajstić information content (AvgIpc) is 2.54. The standard InChI is InChI=1S/C11H22N4S/c1-9(2)10-12-13-11(16)15(10)8-6-5-7-14(3)4/h9H,5-8H2,1-4H3,(H,13,16). The second-order valence-corrected chi connectivity index (χ2v) is 5.09. The Labute approximate surface area is 103 Å². The van der Waals surface area contributed by atoms with Gasteiger partial charge in [0.05, 0.1) is 0 Å². The molecule has 0 aromatic carbocycles. The Kier molecular flexibility index (Phi) is 5.15. The first-order valence-electron chi connectivity index (χ1n) is 5.82. The molecule has 0 saturated carbocycles. The van der Waals surface area contributed by atoms with Crippen LogP contribution in [0, 0.1) is 4.77 Å². The minimum absolute atomic E-state index is 0.418. The molecule has 0 unspecified atom stereocenters. The van der Waals surface area contributed by atoms with Gasteiger partial charge < -0.3 is 9.47 Å². The van der Waals surface area contributed by atoms with Crippen LogP contribution in [-0.2, 0) is 6.54 Å². The lowest BCUT2D eigenvalue weighted by Crippen LogP contribution is -2.14. The largest absolute Gasteiger partial charge is 0.309 e. The van der Waals surface area contributed by atoms with Crippen LogP contribution >= 0.6 is 12.2 Å². The summed E-state index contributed by atoms with van der Waals surface area (Å²) in [5.41, 5.74) is 0. The normalized spacial score (nSPS) is 11.6. The van der Waals surface area contributed by atoms with E-state index in [4.69, 9.17) is 12.2 Å². The fourth-order valence-electron chi connectivity index (χ4n) is 1.68. The highest BCUT2D eigenvalue weighted by Crippen LogP contribution is 2.12. The molecule has 1 rings (SSSR count). The molecule has 16 heavy (non-hydrogen) atoms. The highest BCUT2D eigenvalue weighted by molar-refractivity contribution is 7.71. The minimum atomic E-state index is 0.418. The van der Waals surface area contributed by atoms with Crippen molar-refractivity contribution in [2.45, 2.75) is 39.2 Å². The molecule has 1 aromatic heterocycles. The second kappa shape index (κ2) is 6.15. The number of aromatic amines is 1. The lowest BCUT2D eigenvalue weighted by molar-refractivity contribution is 0.386. The summed E-state index contributed by atoms with van der Waals surface area (Å²) in [6, 6.07) is 0. The summed E-state index contributed by atoms with van der Waals surface area (Å²) in [4.78, 5) is 2.21. The number of hydrogen-bond donors (Lipinski definition) is 1. The summed E-state index contributed by atoms with van der Waals surface area (Å²) in [5, 5.41) is 7.14. The SMILES string of the molecule is CC(C)c1n[nH]c(=S)n1CCCCN(C)C. The molecular weight excluding hydrogens is 220 g/mol. The summed E-state index contributed by atoms with van der Waals surface area (Å²) < 4.78 is 2.86. The number of rotatable bonds is 6. The zero-order chi connectivity index (χ0) is 12.1. The van der Waals surface area contributed by atoms with E-state index < -0.39 is 0 Å². The molecular formula is C11H22N4S. The van der Waals surface area contributed by atoms with Crippen molar-refractivity contribution in [2.24, 2.45) is 0 Å². The Balaban J connectivity index is 2.53. The number of nitrogens with zero attached hydrogens (tertiary/aromatic N) is 3. The van der Waals surface area contributed by atoms with Crippen LogP contribution in [0.4, 0.5) is 0 Å². The second-order valence-electron chi connectivity index (χ2n) is 4.70. The Morgan fingerprint density at radius 2 is 2.06 bits per heavy atom. The molecule has 1 heterocycles. The number of unbranched alkanes of at least 4 members (excludes halogenated alkanes) is 1. The summed E-state index contributed by atoms with van der Waals surface area (Å²) in [7, 11) is 4.20. The zero-order valence-corrected chi connectivity index (χ0v) is 11.5. The Morgan fingerprint density at radius 3 is 2.62 bits per heavy atom. The molecule has 1 aromatic rings. The van der Waals surface area contributed by atoms with Gasteiger partial charge in [-0.2, -0.15) is 5.10 Å². The van der Waals surface area contributed by atoms with Gasteiger partial charge in [0.15, 0.2) is 4.77 Å². The topological polar surface area (TPSA) is 36.9 Å². The maximum atomic E-state index is 5.23. The quantitative estimate of drug-likeness (QED) is 0.615. The van der Waals surface area contributed by atoms with Crippen LogP contribution in [-0.4, -0.2) is 40.3 Å². The monoisotopic (exact) mass is 242 g/mol. The summed E-state index contributed by atoms with van der Waals surface area (Å²) in [6.45, 7) is 6.38. The smallest absolute Gasteiger partial charge is 0.195 e. The summed E-state index contributed by atoms with van der Waals surface area (Å²) in [6.07, 6.45) is 2.34. The van der Waals surface area contributed by atoms with E-state index >= 15 is 0 Å².